The summed E-state index contributed by atoms with van der Waals surface area (Å²) < 4.78 is 5.14. The maximum absolute atomic E-state index is 12.2. The van der Waals surface area contributed by atoms with E-state index in [0.717, 1.165) is 23.8 Å². The van der Waals surface area contributed by atoms with Gasteiger partial charge < -0.3 is 10.1 Å². The molecule has 0 aliphatic heterocycles. The van der Waals surface area contributed by atoms with Crippen LogP contribution in [0.15, 0.2) is 66.7 Å². The van der Waals surface area contributed by atoms with Gasteiger partial charge in [-0.3, -0.25) is 4.79 Å². The van der Waals surface area contributed by atoms with Gasteiger partial charge in [0.05, 0.1) is 11.6 Å². The molecule has 0 aliphatic rings. The highest BCUT2D eigenvalue weighted by Gasteiger charge is 2.16. The van der Waals surface area contributed by atoms with Gasteiger partial charge in [0.25, 0.3) is 5.91 Å². The first-order valence-corrected chi connectivity index (χ1v) is 9.04. The van der Waals surface area contributed by atoms with E-state index in [1.807, 2.05) is 60.7 Å². The fourth-order valence-electron chi connectivity index (χ4n) is 2.92. The summed E-state index contributed by atoms with van der Waals surface area (Å²) in [6.45, 7) is 1.73. The monoisotopic (exact) mass is 362 g/mol. The molecule has 0 saturated carbocycles. The summed E-state index contributed by atoms with van der Waals surface area (Å²) in [4.78, 5) is 28.7. The van der Waals surface area contributed by atoms with Crippen molar-refractivity contribution in [1.29, 1.82) is 0 Å². The topological polar surface area (TPSA) is 68.3 Å². The van der Waals surface area contributed by atoms with Crippen LogP contribution in [0.4, 0.5) is 0 Å². The van der Waals surface area contributed by atoms with Crippen LogP contribution in [0.5, 0.6) is 0 Å². The second-order valence-corrected chi connectivity index (χ2v) is 6.28. The van der Waals surface area contributed by atoms with Crippen LogP contribution in [0.1, 0.15) is 41.9 Å². The first kappa shape index (κ1) is 18.6. The Balaban J connectivity index is 1.59. The Hall–Kier alpha value is -3.21. The van der Waals surface area contributed by atoms with Gasteiger partial charge in [-0.25, -0.2) is 9.78 Å². The van der Waals surface area contributed by atoms with Crippen LogP contribution in [-0.4, -0.2) is 23.5 Å². The Bertz CT molecular complexity index is 925. The lowest BCUT2D eigenvalue weighted by atomic mass is 10.0. The van der Waals surface area contributed by atoms with Crippen LogP contribution < -0.4 is 5.32 Å². The molecule has 1 amide bonds. The zero-order valence-electron chi connectivity index (χ0n) is 15.2. The number of amides is 1. The third-order valence-electron chi connectivity index (χ3n) is 4.26. The summed E-state index contributed by atoms with van der Waals surface area (Å²) in [6, 6.07) is 20.6. The smallest absolute Gasteiger partial charge is 0.357 e. The number of ether oxygens (including phenoxy) is 1. The summed E-state index contributed by atoms with van der Waals surface area (Å²) in [5.74, 6) is -0.936. The van der Waals surface area contributed by atoms with Crippen LogP contribution >= 0.6 is 0 Å². The molecule has 1 atom stereocenters. The Morgan fingerprint density at radius 2 is 1.74 bits per heavy atom. The zero-order chi connectivity index (χ0) is 19.1. The number of carbonyl (C=O) groups excluding carboxylic acids is 2. The van der Waals surface area contributed by atoms with E-state index in [9.17, 15) is 9.59 Å². The van der Waals surface area contributed by atoms with Gasteiger partial charge in [-0.1, -0.05) is 67.9 Å². The van der Waals surface area contributed by atoms with E-state index in [4.69, 9.17) is 4.74 Å². The van der Waals surface area contributed by atoms with Crippen LogP contribution in [0.2, 0.25) is 0 Å². The van der Waals surface area contributed by atoms with Gasteiger partial charge in [0, 0.05) is 5.39 Å². The minimum absolute atomic E-state index is 0.0961. The summed E-state index contributed by atoms with van der Waals surface area (Å²) >= 11 is 0. The normalized spacial score (nSPS) is 11.7. The molecule has 5 nitrogen and oxygen atoms in total. The minimum atomic E-state index is -0.609. The third-order valence-corrected chi connectivity index (χ3v) is 4.26. The summed E-state index contributed by atoms with van der Waals surface area (Å²) in [5, 5.41) is 3.88. The molecule has 0 fully saturated rings. The number of pyridine rings is 1. The van der Waals surface area contributed by atoms with Crippen LogP contribution in [0.25, 0.3) is 10.9 Å². The highest BCUT2D eigenvalue weighted by atomic mass is 16.5. The number of hydrogen-bond acceptors (Lipinski definition) is 4. The molecule has 1 heterocycles. The Kier molecular flexibility index (Phi) is 6.15. The molecule has 0 saturated heterocycles. The number of hydrogen-bond donors (Lipinski definition) is 1. The van der Waals surface area contributed by atoms with E-state index in [0.29, 0.717) is 5.52 Å². The highest BCUT2D eigenvalue weighted by Crippen LogP contribution is 2.18. The standard InChI is InChI=1S/C22H22N2O3/c1-2-8-18(16-9-4-3-5-10-16)24-21(25)15-27-22(26)20-14-13-17-11-6-7-12-19(17)23-20/h3-7,9-14,18H,2,8,15H2,1H3,(H,24,25)/t18-/m0/s1. The molecule has 0 unspecified atom stereocenters. The molecule has 0 spiro atoms. The van der Waals surface area contributed by atoms with E-state index < -0.39 is 5.97 Å². The molecule has 3 aromatic rings. The molecule has 138 valence electrons. The van der Waals surface area contributed by atoms with E-state index in [1.165, 1.54) is 0 Å². The summed E-state index contributed by atoms with van der Waals surface area (Å²) in [7, 11) is 0. The number of benzene rings is 2. The van der Waals surface area contributed by atoms with E-state index in [1.54, 1.807) is 6.07 Å². The quantitative estimate of drug-likeness (QED) is 0.644. The molecule has 2 aromatic carbocycles. The number of carbonyl (C=O) groups is 2. The zero-order valence-corrected chi connectivity index (χ0v) is 15.2. The van der Waals surface area contributed by atoms with Crippen molar-refractivity contribution >= 4 is 22.8 Å². The second-order valence-electron chi connectivity index (χ2n) is 6.28. The molecule has 1 aromatic heterocycles. The maximum atomic E-state index is 12.2. The van der Waals surface area contributed by atoms with Crippen molar-refractivity contribution in [3.8, 4) is 0 Å². The molecular formula is C22H22N2O3. The summed E-state index contributed by atoms with van der Waals surface area (Å²) in [5.41, 5.74) is 1.94. The van der Waals surface area contributed by atoms with Crippen molar-refractivity contribution in [3.63, 3.8) is 0 Å². The third kappa shape index (κ3) is 4.91. The predicted octanol–water partition coefficient (Wildman–Crippen LogP) is 4.05. The van der Waals surface area contributed by atoms with Gasteiger partial charge in [-0.15, -0.1) is 0 Å². The van der Waals surface area contributed by atoms with Crippen molar-refractivity contribution in [2.75, 3.05) is 6.61 Å². The van der Waals surface area contributed by atoms with E-state index in [-0.39, 0.29) is 24.2 Å². The Morgan fingerprint density at radius 1 is 1.00 bits per heavy atom. The SMILES string of the molecule is CCC[C@H](NC(=O)COC(=O)c1ccc2ccccc2n1)c1ccccc1. The van der Waals surface area contributed by atoms with Crippen LogP contribution in [-0.2, 0) is 9.53 Å². The number of esters is 1. The van der Waals surface area contributed by atoms with Gasteiger partial charge in [-0.05, 0) is 24.1 Å². The average Bonchev–Trinajstić information content (AvgIpc) is 2.72. The fraction of sp³-hybridized carbons (Fsp3) is 0.227. The van der Waals surface area contributed by atoms with Gasteiger partial charge in [0.2, 0.25) is 0 Å². The van der Waals surface area contributed by atoms with Crippen molar-refractivity contribution in [3.05, 3.63) is 78.0 Å². The maximum Gasteiger partial charge on any atom is 0.357 e. The molecule has 3 rings (SSSR count). The lowest BCUT2D eigenvalue weighted by Crippen LogP contribution is -2.32. The Labute approximate surface area is 158 Å². The molecule has 5 heteroatoms. The highest BCUT2D eigenvalue weighted by molar-refractivity contribution is 5.92. The number of nitrogens with zero attached hydrogens (tertiary/aromatic N) is 1. The van der Waals surface area contributed by atoms with E-state index >= 15 is 0 Å². The van der Waals surface area contributed by atoms with Gasteiger partial charge >= 0.3 is 5.97 Å². The minimum Gasteiger partial charge on any atom is -0.451 e. The molecule has 1 N–H and O–H groups in total. The predicted molar refractivity (Wildman–Crippen MR) is 104 cm³/mol. The van der Waals surface area contributed by atoms with Crippen molar-refractivity contribution in [1.82, 2.24) is 10.3 Å². The molecule has 0 bridgehead atoms. The van der Waals surface area contributed by atoms with Crippen LogP contribution in [0.3, 0.4) is 0 Å². The first-order chi connectivity index (χ1) is 13.2. The van der Waals surface area contributed by atoms with Crippen LogP contribution in [0, 0.1) is 0 Å². The molecule has 27 heavy (non-hydrogen) atoms. The average molecular weight is 362 g/mol. The number of fused-ring (bicyclic) bond motifs is 1. The summed E-state index contributed by atoms with van der Waals surface area (Å²) in [6.07, 6.45) is 1.75. The van der Waals surface area contributed by atoms with Gasteiger partial charge in [-0.2, -0.15) is 0 Å². The number of para-hydroxylation sites is 1. The number of nitrogens with one attached hydrogen (secondary N) is 1. The molecule has 0 radical (unpaired) electrons. The molecular weight excluding hydrogens is 340 g/mol. The van der Waals surface area contributed by atoms with Gasteiger partial charge in [0.15, 0.2) is 6.61 Å². The largest absolute Gasteiger partial charge is 0.451 e. The van der Waals surface area contributed by atoms with Crippen molar-refractivity contribution in [2.24, 2.45) is 0 Å². The van der Waals surface area contributed by atoms with Gasteiger partial charge in [0.1, 0.15) is 5.69 Å². The number of aromatic nitrogens is 1. The second kappa shape index (κ2) is 8.94. The molecule has 0 aliphatic carbocycles. The Morgan fingerprint density at radius 3 is 2.52 bits per heavy atom. The van der Waals surface area contributed by atoms with E-state index in [2.05, 4.69) is 17.2 Å². The van der Waals surface area contributed by atoms with Crippen molar-refractivity contribution < 1.29 is 14.3 Å². The first-order valence-electron chi connectivity index (χ1n) is 9.04. The fourth-order valence-corrected chi connectivity index (χ4v) is 2.92. The number of rotatable bonds is 7. The lowest BCUT2D eigenvalue weighted by molar-refractivity contribution is -0.125. The lowest BCUT2D eigenvalue weighted by Gasteiger charge is -2.18. The van der Waals surface area contributed by atoms with Crippen molar-refractivity contribution in [2.45, 2.75) is 25.8 Å².